The summed E-state index contributed by atoms with van der Waals surface area (Å²) in [7, 11) is 1.58. The first-order valence-corrected chi connectivity index (χ1v) is 5.82. The van der Waals surface area contributed by atoms with E-state index in [1.807, 2.05) is 6.92 Å². The third-order valence-electron chi connectivity index (χ3n) is 2.82. The smallest absolute Gasteiger partial charge is 0.173 e. The van der Waals surface area contributed by atoms with Crippen LogP contribution in [0.1, 0.15) is 26.3 Å². The molecule has 0 aliphatic rings. The zero-order valence-corrected chi connectivity index (χ0v) is 11.2. The Morgan fingerprint density at radius 1 is 1.33 bits per heavy atom. The molecular formula is C13H20N2O3. The van der Waals surface area contributed by atoms with Gasteiger partial charge in [0, 0.05) is 6.07 Å². The molecule has 1 unspecified atom stereocenters. The third kappa shape index (κ3) is 3.29. The van der Waals surface area contributed by atoms with Gasteiger partial charge in [0.25, 0.3) is 0 Å². The minimum absolute atomic E-state index is 0.0161. The van der Waals surface area contributed by atoms with E-state index in [4.69, 9.17) is 20.4 Å². The lowest BCUT2D eigenvalue weighted by molar-refractivity contribution is 0.169. The highest BCUT2D eigenvalue weighted by Gasteiger charge is 2.15. The lowest BCUT2D eigenvalue weighted by Gasteiger charge is -2.20. The van der Waals surface area contributed by atoms with Gasteiger partial charge in [-0.2, -0.15) is 0 Å². The van der Waals surface area contributed by atoms with Gasteiger partial charge in [0.1, 0.15) is 11.5 Å². The normalized spacial score (nSPS) is 13.5. The van der Waals surface area contributed by atoms with Crippen molar-refractivity contribution in [2.24, 2.45) is 16.8 Å². The van der Waals surface area contributed by atoms with Gasteiger partial charge in [-0.25, -0.2) is 0 Å². The molecule has 0 spiro atoms. The summed E-state index contributed by atoms with van der Waals surface area (Å²) in [6.45, 7) is 6.10. The summed E-state index contributed by atoms with van der Waals surface area (Å²) >= 11 is 0. The van der Waals surface area contributed by atoms with Gasteiger partial charge in [0.15, 0.2) is 5.84 Å². The van der Waals surface area contributed by atoms with Crippen LogP contribution >= 0.6 is 0 Å². The van der Waals surface area contributed by atoms with Crippen LogP contribution in [0.2, 0.25) is 0 Å². The summed E-state index contributed by atoms with van der Waals surface area (Å²) in [5, 5.41) is 11.8. The van der Waals surface area contributed by atoms with Gasteiger partial charge >= 0.3 is 0 Å². The van der Waals surface area contributed by atoms with E-state index in [0.717, 1.165) is 0 Å². The maximum Gasteiger partial charge on any atom is 0.173 e. The Morgan fingerprint density at radius 3 is 2.50 bits per heavy atom. The second-order valence-corrected chi connectivity index (χ2v) is 4.41. The van der Waals surface area contributed by atoms with Crippen LogP contribution in [0.25, 0.3) is 0 Å². The van der Waals surface area contributed by atoms with E-state index in [9.17, 15) is 0 Å². The lowest BCUT2D eigenvalue weighted by atomic mass is 10.1. The van der Waals surface area contributed by atoms with Crippen molar-refractivity contribution in [1.82, 2.24) is 0 Å². The Labute approximate surface area is 107 Å². The summed E-state index contributed by atoms with van der Waals surface area (Å²) < 4.78 is 11.0. The fourth-order valence-electron chi connectivity index (χ4n) is 1.33. The van der Waals surface area contributed by atoms with E-state index in [-0.39, 0.29) is 11.9 Å². The van der Waals surface area contributed by atoms with E-state index in [0.29, 0.717) is 23.0 Å². The highest BCUT2D eigenvalue weighted by molar-refractivity contribution is 5.99. The van der Waals surface area contributed by atoms with Crippen molar-refractivity contribution in [1.29, 1.82) is 0 Å². The number of amidine groups is 1. The molecule has 3 N–H and O–H groups in total. The van der Waals surface area contributed by atoms with E-state index < -0.39 is 0 Å². The van der Waals surface area contributed by atoms with E-state index >= 15 is 0 Å². The number of benzene rings is 1. The molecule has 0 heterocycles. The number of nitrogens with two attached hydrogens (primary N) is 1. The van der Waals surface area contributed by atoms with Crippen molar-refractivity contribution in [2.45, 2.75) is 26.9 Å². The third-order valence-corrected chi connectivity index (χ3v) is 2.82. The van der Waals surface area contributed by atoms with Gasteiger partial charge in [-0.3, -0.25) is 0 Å². The minimum atomic E-state index is 0.0161. The van der Waals surface area contributed by atoms with E-state index in [2.05, 4.69) is 19.0 Å². The Hall–Kier alpha value is -1.91. The largest absolute Gasteiger partial charge is 0.497 e. The van der Waals surface area contributed by atoms with Crippen LogP contribution in [0, 0.1) is 5.92 Å². The van der Waals surface area contributed by atoms with Crippen LogP contribution < -0.4 is 15.2 Å². The maximum atomic E-state index is 8.76. The zero-order chi connectivity index (χ0) is 13.7. The van der Waals surface area contributed by atoms with Gasteiger partial charge in [-0.1, -0.05) is 19.0 Å². The molecule has 1 rings (SSSR count). The summed E-state index contributed by atoms with van der Waals surface area (Å²) in [5.41, 5.74) is 6.16. The van der Waals surface area contributed by atoms with Crippen molar-refractivity contribution >= 4 is 5.84 Å². The number of nitrogens with zero attached hydrogens (tertiary/aromatic N) is 1. The van der Waals surface area contributed by atoms with Crippen molar-refractivity contribution in [3.8, 4) is 11.5 Å². The molecule has 5 heteroatoms. The van der Waals surface area contributed by atoms with Crippen molar-refractivity contribution in [2.75, 3.05) is 7.11 Å². The standard InChI is InChI=1S/C13H20N2O3/c1-8(2)9(3)18-12-7-10(17-4)5-6-11(12)13(14)15-16/h5-9,16H,1-4H3,(H2,14,15). The summed E-state index contributed by atoms with van der Waals surface area (Å²) in [6, 6.07) is 5.17. The Morgan fingerprint density at radius 2 is 2.00 bits per heavy atom. The number of oxime groups is 1. The molecule has 0 radical (unpaired) electrons. The molecule has 1 aromatic rings. The summed E-state index contributed by atoms with van der Waals surface area (Å²) in [4.78, 5) is 0. The number of methoxy groups -OCH3 is 1. The highest BCUT2D eigenvalue weighted by Crippen LogP contribution is 2.26. The molecule has 100 valence electrons. The van der Waals surface area contributed by atoms with Crippen LogP contribution in [0.3, 0.4) is 0 Å². The Kier molecular flexibility index (Phi) is 4.83. The minimum Gasteiger partial charge on any atom is -0.497 e. The molecule has 0 fully saturated rings. The molecule has 1 aromatic carbocycles. The van der Waals surface area contributed by atoms with Crippen LogP contribution in [0.5, 0.6) is 11.5 Å². The van der Waals surface area contributed by atoms with E-state index in [1.54, 1.807) is 25.3 Å². The summed E-state index contributed by atoms with van der Waals surface area (Å²) in [6.07, 6.45) is 0.0161. The molecule has 1 atom stereocenters. The number of rotatable bonds is 5. The molecule has 5 nitrogen and oxygen atoms in total. The first kappa shape index (κ1) is 14.2. The van der Waals surface area contributed by atoms with Gasteiger partial charge in [0.05, 0.1) is 18.8 Å². The first-order chi connectivity index (χ1) is 8.49. The number of hydrogen-bond donors (Lipinski definition) is 2. The molecule has 0 amide bonds. The van der Waals surface area contributed by atoms with Gasteiger partial charge in [-0.05, 0) is 25.0 Å². The molecular weight excluding hydrogens is 232 g/mol. The summed E-state index contributed by atoms with van der Waals surface area (Å²) in [5.74, 6) is 1.58. The highest BCUT2D eigenvalue weighted by atomic mass is 16.5. The molecule has 0 bridgehead atoms. The van der Waals surface area contributed by atoms with Crippen LogP contribution in [0.15, 0.2) is 23.4 Å². The van der Waals surface area contributed by atoms with Gasteiger partial charge in [0.2, 0.25) is 0 Å². The SMILES string of the molecule is COc1ccc(/C(N)=N/O)c(OC(C)C(C)C)c1. The van der Waals surface area contributed by atoms with Crippen LogP contribution in [-0.2, 0) is 0 Å². The van der Waals surface area contributed by atoms with Gasteiger partial charge in [-0.15, -0.1) is 0 Å². The fraction of sp³-hybridized carbons (Fsp3) is 0.462. The van der Waals surface area contributed by atoms with Crippen LogP contribution in [0.4, 0.5) is 0 Å². The average molecular weight is 252 g/mol. The van der Waals surface area contributed by atoms with Crippen molar-refractivity contribution in [3.63, 3.8) is 0 Å². The average Bonchev–Trinajstić information content (AvgIpc) is 2.37. The lowest BCUT2D eigenvalue weighted by Crippen LogP contribution is -2.22. The topological polar surface area (TPSA) is 77.1 Å². The fourth-order valence-corrected chi connectivity index (χ4v) is 1.33. The molecule has 0 saturated heterocycles. The van der Waals surface area contributed by atoms with Gasteiger partial charge < -0.3 is 20.4 Å². The Bertz CT molecular complexity index is 430. The predicted octanol–water partition coefficient (Wildman–Crippen LogP) is 2.21. The number of ether oxygens (including phenoxy) is 2. The molecule has 18 heavy (non-hydrogen) atoms. The molecule has 0 aromatic heterocycles. The first-order valence-electron chi connectivity index (χ1n) is 5.82. The monoisotopic (exact) mass is 252 g/mol. The predicted molar refractivity (Wildman–Crippen MR) is 70.4 cm³/mol. The van der Waals surface area contributed by atoms with Crippen molar-refractivity contribution in [3.05, 3.63) is 23.8 Å². The molecule has 0 aliphatic carbocycles. The van der Waals surface area contributed by atoms with E-state index in [1.165, 1.54) is 0 Å². The maximum absolute atomic E-state index is 8.76. The second-order valence-electron chi connectivity index (χ2n) is 4.41. The quantitative estimate of drug-likeness (QED) is 0.364. The second kappa shape index (κ2) is 6.14. The molecule has 0 aliphatic heterocycles. The van der Waals surface area contributed by atoms with Crippen LogP contribution in [-0.4, -0.2) is 24.3 Å². The zero-order valence-electron chi connectivity index (χ0n) is 11.2. The van der Waals surface area contributed by atoms with Crippen molar-refractivity contribution < 1.29 is 14.7 Å². The Balaban J connectivity index is 3.12. The number of hydrogen-bond acceptors (Lipinski definition) is 4. The molecule has 0 saturated carbocycles.